The minimum atomic E-state index is 0.134. The second-order valence-corrected chi connectivity index (χ2v) is 6.54. The van der Waals surface area contributed by atoms with Gasteiger partial charge in [0.1, 0.15) is 11.4 Å². The molecule has 0 saturated heterocycles. The van der Waals surface area contributed by atoms with Crippen molar-refractivity contribution >= 4 is 39.3 Å². The van der Waals surface area contributed by atoms with Crippen LogP contribution in [0.5, 0.6) is 5.75 Å². The molecule has 1 aliphatic carbocycles. The molecule has 2 aromatic rings. The molecule has 0 spiro atoms. The van der Waals surface area contributed by atoms with Gasteiger partial charge in [-0.3, -0.25) is 0 Å². The molecule has 0 N–H and O–H groups in total. The minimum absolute atomic E-state index is 0.134. The molecule has 0 amide bonds. The van der Waals surface area contributed by atoms with Crippen LogP contribution < -0.4 is 4.74 Å². The number of halogens is 1. The Balaban J connectivity index is 1.92. The predicted molar refractivity (Wildman–Crippen MR) is 80.4 cm³/mol. The number of hydrogen-bond acceptors (Lipinski definition) is 2. The summed E-state index contributed by atoms with van der Waals surface area (Å²) >= 11 is 2.34. The maximum Gasteiger partial charge on any atom is 0.120 e. The van der Waals surface area contributed by atoms with Crippen LogP contribution in [0.4, 0.5) is 0 Å². The summed E-state index contributed by atoms with van der Waals surface area (Å²) in [7, 11) is 0. The first-order valence-corrected chi connectivity index (χ1v) is 9.86. The molecule has 1 fully saturated rings. The van der Waals surface area contributed by atoms with Crippen molar-refractivity contribution in [1.82, 2.24) is 9.55 Å². The lowest BCUT2D eigenvalue weighted by atomic mass is 10.2. The van der Waals surface area contributed by atoms with Gasteiger partial charge in [0.25, 0.3) is 0 Å². The van der Waals surface area contributed by atoms with Crippen LogP contribution in [-0.4, -0.2) is 15.2 Å². The van der Waals surface area contributed by atoms with Crippen LogP contribution in [0.2, 0.25) is 0 Å². The largest absolute Gasteiger partial charge is 0.487 e. The standard InChI is InChI=1S/C12H14IN2OP/c1-2-12(5-6-12)16-10-3-4-11-9(7-10)8-14-15(11)17-13/h3-4,7-8,17H,2,5-6H2,1H3. The normalized spacial score (nSPS) is 18.0. The van der Waals surface area contributed by atoms with Gasteiger partial charge in [-0.2, -0.15) is 5.10 Å². The van der Waals surface area contributed by atoms with Crippen molar-refractivity contribution in [2.75, 3.05) is 0 Å². The number of benzene rings is 1. The third-order valence-electron chi connectivity index (χ3n) is 3.41. The molecule has 1 aromatic heterocycles. The van der Waals surface area contributed by atoms with Crippen LogP contribution in [0, 0.1) is 0 Å². The Labute approximate surface area is 115 Å². The molecule has 3 nitrogen and oxygen atoms in total. The second-order valence-electron chi connectivity index (χ2n) is 4.50. The van der Waals surface area contributed by atoms with Gasteiger partial charge in [0.05, 0.1) is 18.1 Å². The first kappa shape index (κ1) is 11.7. The van der Waals surface area contributed by atoms with E-state index < -0.39 is 0 Å². The highest BCUT2D eigenvalue weighted by Gasteiger charge is 2.43. The molecule has 0 aliphatic heterocycles. The maximum absolute atomic E-state index is 6.08. The van der Waals surface area contributed by atoms with Crippen LogP contribution in [-0.2, 0) is 0 Å². The number of aromatic nitrogens is 2. The SMILES string of the molecule is CCC1(Oc2ccc3c(cnn3PI)c2)CC1. The molecule has 90 valence electrons. The Hall–Kier alpha value is -0.350. The van der Waals surface area contributed by atoms with Gasteiger partial charge in [0.2, 0.25) is 0 Å². The molecule has 1 heterocycles. The van der Waals surface area contributed by atoms with Crippen LogP contribution >= 0.6 is 28.4 Å². The third kappa shape index (κ3) is 2.17. The van der Waals surface area contributed by atoms with E-state index in [2.05, 4.69) is 52.3 Å². The lowest BCUT2D eigenvalue weighted by Crippen LogP contribution is -2.16. The Morgan fingerprint density at radius 1 is 1.53 bits per heavy atom. The molecule has 0 bridgehead atoms. The zero-order chi connectivity index (χ0) is 11.9. The van der Waals surface area contributed by atoms with Gasteiger partial charge in [-0.25, -0.2) is 4.45 Å². The summed E-state index contributed by atoms with van der Waals surface area (Å²) in [6, 6.07) is 6.27. The predicted octanol–water partition coefficient (Wildman–Crippen LogP) is 4.15. The van der Waals surface area contributed by atoms with Gasteiger partial charge in [-0.05, 0) is 59.5 Å². The quantitative estimate of drug-likeness (QED) is 0.605. The number of hydrogen-bond donors (Lipinski definition) is 0. The first-order chi connectivity index (χ1) is 8.26. The molecule has 1 aromatic carbocycles. The first-order valence-electron chi connectivity index (χ1n) is 5.80. The monoisotopic (exact) mass is 360 g/mol. The van der Waals surface area contributed by atoms with Gasteiger partial charge >= 0.3 is 0 Å². The average Bonchev–Trinajstić information content (AvgIpc) is 3.01. The Morgan fingerprint density at radius 3 is 3.00 bits per heavy atom. The van der Waals surface area contributed by atoms with E-state index in [0.717, 1.165) is 12.2 Å². The van der Waals surface area contributed by atoms with Gasteiger partial charge in [-0.15, -0.1) is 0 Å². The van der Waals surface area contributed by atoms with E-state index in [1.807, 2.05) is 10.6 Å². The molecule has 3 rings (SSSR count). The fourth-order valence-corrected chi connectivity index (χ4v) is 3.61. The summed E-state index contributed by atoms with van der Waals surface area (Å²) in [6.07, 6.45) is 6.04. The van der Waals surface area contributed by atoms with E-state index in [1.54, 1.807) is 0 Å². The van der Waals surface area contributed by atoms with Crippen molar-refractivity contribution in [3.63, 3.8) is 0 Å². The van der Waals surface area contributed by atoms with Gasteiger partial charge in [0.15, 0.2) is 0 Å². The number of nitrogens with zero attached hydrogens (tertiary/aromatic N) is 2. The molecule has 1 unspecified atom stereocenters. The van der Waals surface area contributed by atoms with Crippen molar-refractivity contribution in [2.45, 2.75) is 31.8 Å². The van der Waals surface area contributed by atoms with Gasteiger partial charge in [-0.1, -0.05) is 6.92 Å². The summed E-state index contributed by atoms with van der Waals surface area (Å²) in [6.45, 7) is 2.20. The maximum atomic E-state index is 6.08. The van der Waals surface area contributed by atoms with E-state index in [9.17, 15) is 0 Å². The summed E-state index contributed by atoms with van der Waals surface area (Å²) < 4.78 is 8.10. The van der Waals surface area contributed by atoms with E-state index in [1.165, 1.54) is 23.7 Å². The van der Waals surface area contributed by atoms with E-state index in [-0.39, 0.29) is 5.60 Å². The fourth-order valence-electron chi connectivity index (χ4n) is 2.06. The topological polar surface area (TPSA) is 27.1 Å². The average molecular weight is 360 g/mol. The Bertz CT molecular complexity index is 550. The van der Waals surface area contributed by atoms with Gasteiger partial charge < -0.3 is 4.74 Å². The van der Waals surface area contributed by atoms with Gasteiger partial charge in [0, 0.05) is 5.39 Å². The van der Waals surface area contributed by atoms with Crippen LogP contribution in [0.15, 0.2) is 24.4 Å². The summed E-state index contributed by atoms with van der Waals surface area (Å²) in [5, 5.41) is 5.52. The highest BCUT2D eigenvalue weighted by atomic mass is 127. The molecule has 0 radical (unpaired) electrons. The van der Waals surface area contributed by atoms with Crippen molar-refractivity contribution in [3.8, 4) is 5.75 Å². The van der Waals surface area contributed by atoms with Crippen molar-refractivity contribution in [1.29, 1.82) is 0 Å². The van der Waals surface area contributed by atoms with Crippen LogP contribution in [0.25, 0.3) is 10.9 Å². The lowest BCUT2D eigenvalue weighted by Gasteiger charge is -2.15. The summed E-state index contributed by atoms with van der Waals surface area (Å²) in [5.41, 5.74) is 1.32. The second kappa shape index (κ2) is 4.39. The molecule has 1 aliphatic rings. The van der Waals surface area contributed by atoms with Crippen LogP contribution in [0.1, 0.15) is 26.2 Å². The molecule has 17 heavy (non-hydrogen) atoms. The van der Waals surface area contributed by atoms with E-state index in [0.29, 0.717) is 6.37 Å². The molecule has 1 atom stereocenters. The van der Waals surface area contributed by atoms with Crippen molar-refractivity contribution in [2.24, 2.45) is 0 Å². The number of ether oxygens (including phenoxy) is 1. The highest BCUT2D eigenvalue weighted by Crippen LogP contribution is 2.43. The smallest absolute Gasteiger partial charge is 0.120 e. The zero-order valence-corrected chi connectivity index (χ0v) is 12.8. The number of fused-ring (bicyclic) bond motifs is 1. The summed E-state index contributed by atoms with van der Waals surface area (Å²) in [4.78, 5) is 0. The molecule has 5 heteroatoms. The van der Waals surface area contributed by atoms with E-state index in [4.69, 9.17) is 4.74 Å². The number of rotatable bonds is 4. The van der Waals surface area contributed by atoms with Crippen molar-refractivity contribution < 1.29 is 4.74 Å². The fraction of sp³-hybridized carbons (Fsp3) is 0.417. The Kier molecular flexibility index (Phi) is 3.03. The zero-order valence-electron chi connectivity index (χ0n) is 9.61. The molecular weight excluding hydrogens is 346 g/mol. The lowest BCUT2D eigenvalue weighted by molar-refractivity contribution is 0.175. The van der Waals surface area contributed by atoms with E-state index >= 15 is 0 Å². The molecular formula is C12H14IN2OP. The Morgan fingerprint density at radius 2 is 2.35 bits per heavy atom. The summed E-state index contributed by atoms with van der Waals surface area (Å²) in [5.74, 6) is 0.980. The molecule has 1 saturated carbocycles. The van der Waals surface area contributed by atoms with Crippen molar-refractivity contribution in [3.05, 3.63) is 24.4 Å². The highest BCUT2D eigenvalue weighted by molar-refractivity contribution is 14.2. The minimum Gasteiger partial charge on any atom is -0.487 e. The van der Waals surface area contributed by atoms with Crippen LogP contribution in [0.3, 0.4) is 0 Å². The third-order valence-corrected chi connectivity index (χ3v) is 5.29.